The van der Waals surface area contributed by atoms with E-state index in [1.54, 1.807) is 7.11 Å². The molecule has 0 fully saturated rings. The maximum absolute atomic E-state index is 5.86. The van der Waals surface area contributed by atoms with Gasteiger partial charge in [0.2, 0.25) is 5.88 Å². The number of anilines is 1. The van der Waals surface area contributed by atoms with Crippen LogP contribution >= 0.6 is 0 Å². The van der Waals surface area contributed by atoms with Crippen LogP contribution in [0, 0.1) is 6.92 Å². The van der Waals surface area contributed by atoms with Gasteiger partial charge < -0.3 is 15.2 Å². The summed E-state index contributed by atoms with van der Waals surface area (Å²) >= 11 is 0. The molecular weight excluding hydrogens is 242 g/mol. The average molecular weight is 259 g/mol. The molecule has 0 bridgehead atoms. The molecule has 0 saturated heterocycles. The van der Waals surface area contributed by atoms with Crippen molar-refractivity contribution in [3.63, 3.8) is 0 Å². The first-order valence-corrected chi connectivity index (χ1v) is 6.09. The quantitative estimate of drug-likeness (QED) is 0.914. The third-order valence-electron chi connectivity index (χ3n) is 2.78. The van der Waals surface area contributed by atoms with Crippen molar-refractivity contribution in [2.75, 3.05) is 12.8 Å². The first kappa shape index (κ1) is 13.1. The Morgan fingerprint density at radius 3 is 2.47 bits per heavy atom. The van der Waals surface area contributed by atoms with Crippen molar-refractivity contribution < 1.29 is 9.47 Å². The molecule has 1 aromatic carbocycles. The largest absolute Gasteiger partial charge is 0.493 e. The van der Waals surface area contributed by atoms with Gasteiger partial charge in [0.1, 0.15) is 11.6 Å². The molecular formula is C14H17N3O2. The van der Waals surface area contributed by atoms with Gasteiger partial charge in [-0.15, -0.1) is 0 Å². The van der Waals surface area contributed by atoms with E-state index in [-0.39, 0.29) is 0 Å². The summed E-state index contributed by atoms with van der Waals surface area (Å²) in [5, 5.41) is 0. The van der Waals surface area contributed by atoms with Crippen LogP contribution in [0.5, 0.6) is 17.4 Å². The number of ether oxygens (including phenoxy) is 2. The zero-order chi connectivity index (χ0) is 13.8. The van der Waals surface area contributed by atoms with Crippen LogP contribution in [0.25, 0.3) is 0 Å². The van der Waals surface area contributed by atoms with Crippen molar-refractivity contribution in [1.82, 2.24) is 9.97 Å². The van der Waals surface area contributed by atoms with E-state index in [2.05, 4.69) is 9.97 Å². The standard InChI is InChI=1S/C14H17N3O2/c1-4-12-16-13(15)9(2)14(17-12)19-11-8-6-5-7-10(11)18-3/h5-8H,4H2,1-3H3,(H2,15,16,17). The van der Waals surface area contributed by atoms with Gasteiger partial charge in [0, 0.05) is 6.42 Å². The van der Waals surface area contributed by atoms with Crippen LogP contribution in [0.15, 0.2) is 24.3 Å². The number of nitrogens with zero attached hydrogens (tertiary/aromatic N) is 2. The van der Waals surface area contributed by atoms with Crippen LogP contribution in [-0.4, -0.2) is 17.1 Å². The van der Waals surface area contributed by atoms with Gasteiger partial charge in [-0.2, -0.15) is 4.98 Å². The van der Waals surface area contributed by atoms with Gasteiger partial charge in [0.25, 0.3) is 0 Å². The Balaban J connectivity index is 2.40. The van der Waals surface area contributed by atoms with Gasteiger partial charge in [-0.05, 0) is 19.1 Å². The average Bonchev–Trinajstić information content (AvgIpc) is 2.44. The molecule has 19 heavy (non-hydrogen) atoms. The minimum absolute atomic E-state index is 0.441. The van der Waals surface area contributed by atoms with Crippen LogP contribution < -0.4 is 15.2 Å². The zero-order valence-electron chi connectivity index (χ0n) is 11.3. The fourth-order valence-corrected chi connectivity index (χ4v) is 1.62. The van der Waals surface area contributed by atoms with E-state index in [0.717, 1.165) is 5.56 Å². The topological polar surface area (TPSA) is 70.3 Å². The summed E-state index contributed by atoms with van der Waals surface area (Å²) in [6, 6.07) is 7.40. The van der Waals surface area contributed by atoms with Gasteiger partial charge in [-0.25, -0.2) is 4.98 Å². The van der Waals surface area contributed by atoms with Gasteiger partial charge in [0.05, 0.1) is 12.7 Å². The Morgan fingerprint density at radius 2 is 1.84 bits per heavy atom. The summed E-state index contributed by atoms with van der Waals surface area (Å²) in [6.45, 7) is 3.80. The second-order valence-electron chi connectivity index (χ2n) is 4.06. The molecule has 5 nitrogen and oxygen atoms in total. The number of hydrogen-bond acceptors (Lipinski definition) is 5. The minimum atomic E-state index is 0.441. The maximum atomic E-state index is 5.86. The lowest BCUT2D eigenvalue weighted by Gasteiger charge is -2.12. The van der Waals surface area contributed by atoms with Crippen molar-refractivity contribution in [2.45, 2.75) is 20.3 Å². The third-order valence-corrected chi connectivity index (χ3v) is 2.78. The molecule has 100 valence electrons. The molecule has 0 spiro atoms. The van der Waals surface area contributed by atoms with E-state index in [1.165, 1.54) is 0 Å². The summed E-state index contributed by atoms with van der Waals surface area (Å²) in [4.78, 5) is 8.54. The van der Waals surface area contributed by atoms with E-state index >= 15 is 0 Å². The summed E-state index contributed by atoms with van der Waals surface area (Å²) in [5.74, 6) is 2.82. The number of aromatic nitrogens is 2. The van der Waals surface area contributed by atoms with E-state index in [0.29, 0.717) is 35.4 Å². The van der Waals surface area contributed by atoms with Crippen LogP contribution in [0.2, 0.25) is 0 Å². The molecule has 0 radical (unpaired) electrons. The van der Waals surface area contributed by atoms with Crippen molar-refractivity contribution in [3.05, 3.63) is 35.7 Å². The Labute approximate surface area is 112 Å². The molecule has 1 aromatic heterocycles. The van der Waals surface area contributed by atoms with Crippen molar-refractivity contribution in [2.24, 2.45) is 0 Å². The third kappa shape index (κ3) is 2.76. The zero-order valence-corrected chi connectivity index (χ0v) is 11.3. The van der Waals surface area contributed by atoms with Crippen molar-refractivity contribution in [1.29, 1.82) is 0 Å². The number of benzene rings is 1. The molecule has 0 amide bonds. The number of para-hydroxylation sites is 2. The number of hydrogen-bond donors (Lipinski definition) is 1. The summed E-state index contributed by atoms with van der Waals surface area (Å²) < 4.78 is 11.0. The highest BCUT2D eigenvalue weighted by atomic mass is 16.5. The lowest BCUT2D eigenvalue weighted by atomic mass is 10.3. The van der Waals surface area contributed by atoms with Crippen LogP contribution in [-0.2, 0) is 6.42 Å². The molecule has 2 N–H and O–H groups in total. The minimum Gasteiger partial charge on any atom is -0.493 e. The molecule has 0 unspecified atom stereocenters. The number of methoxy groups -OCH3 is 1. The predicted molar refractivity (Wildman–Crippen MR) is 73.6 cm³/mol. The Bertz CT molecular complexity index is 585. The molecule has 0 aliphatic rings. The van der Waals surface area contributed by atoms with E-state index in [1.807, 2.05) is 38.1 Å². The Hall–Kier alpha value is -2.30. The van der Waals surface area contributed by atoms with Crippen LogP contribution in [0.1, 0.15) is 18.3 Å². The van der Waals surface area contributed by atoms with Gasteiger partial charge in [0.15, 0.2) is 11.5 Å². The van der Waals surface area contributed by atoms with Crippen LogP contribution in [0.4, 0.5) is 5.82 Å². The van der Waals surface area contributed by atoms with Crippen molar-refractivity contribution in [3.8, 4) is 17.4 Å². The molecule has 2 aromatic rings. The monoisotopic (exact) mass is 259 g/mol. The molecule has 0 aliphatic heterocycles. The summed E-state index contributed by atoms with van der Waals surface area (Å²) in [7, 11) is 1.60. The normalized spacial score (nSPS) is 10.3. The molecule has 2 rings (SSSR count). The lowest BCUT2D eigenvalue weighted by molar-refractivity contribution is 0.372. The van der Waals surface area contributed by atoms with Gasteiger partial charge in [-0.3, -0.25) is 0 Å². The molecule has 0 saturated carbocycles. The van der Waals surface area contributed by atoms with E-state index < -0.39 is 0 Å². The Kier molecular flexibility index (Phi) is 3.85. The van der Waals surface area contributed by atoms with E-state index in [9.17, 15) is 0 Å². The second kappa shape index (κ2) is 5.56. The highest BCUT2D eigenvalue weighted by Crippen LogP contribution is 2.32. The summed E-state index contributed by atoms with van der Waals surface area (Å²) in [6.07, 6.45) is 0.701. The fraction of sp³-hybridized carbons (Fsp3) is 0.286. The number of nitrogen functional groups attached to an aromatic ring is 1. The number of aryl methyl sites for hydroxylation is 1. The fourth-order valence-electron chi connectivity index (χ4n) is 1.62. The molecule has 0 aliphatic carbocycles. The van der Waals surface area contributed by atoms with Gasteiger partial charge in [-0.1, -0.05) is 19.1 Å². The predicted octanol–water partition coefficient (Wildman–Crippen LogP) is 2.73. The summed E-state index contributed by atoms with van der Waals surface area (Å²) in [5.41, 5.74) is 6.58. The lowest BCUT2D eigenvalue weighted by Crippen LogP contribution is -2.04. The maximum Gasteiger partial charge on any atom is 0.227 e. The van der Waals surface area contributed by atoms with Gasteiger partial charge >= 0.3 is 0 Å². The number of rotatable bonds is 4. The Morgan fingerprint density at radius 1 is 1.16 bits per heavy atom. The van der Waals surface area contributed by atoms with Crippen molar-refractivity contribution >= 4 is 5.82 Å². The molecule has 0 atom stereocenters. The number of nitrogens with two attached hydrogens (primary N) is 1. The molecule has 5 heteroatoms. The van der Waals surface area contributed by atoms with E-state index in [4.69, 9.17) is 15.2 Å². The smallest absolute Gasteiger partial charge is 0.227 e. The first-order chi connectivity index (χ1) is 9.15. The SMILES string of the molecule is CCc1nc(N)c(C)c(Oc2ccccc2OC)n1. The molecule has 1 heterocycles. The first-order valence-electron chi connectivity index (χ1n) is 6.09. The van der Waals surface area contributed by atoms with Crippen LogP contribution in [0.3, 0.4) is 0 Å². The highest BCUT2D eigenvalue weighted by molar-refractivity contribution is 5.48. The second-order valence-corrected chi connectivity index (χ2v) is 4.06. The highest BCUT2D eigenvalue weighted by Gasteiger charge is 2.12.